The minimum Gasteiger partial charge on any atom is -0.481 e. The van der Waals surface area contributed by atoms with Crippen LogP contribution in [0, 0.1) is 17.3 Å². The van der Waals surface area contributed by atoms with Crippen molar-refractivity contribution in [2.24, 2.45) is 17.3 Å². The fourth-order valence-corrected chi connectivity index (χ4v) is 3.09. The van der Waals surface area contributed by atoms with Crippen LogP contribution >= 0.6 is 0 Å². The molecule has 1 fully saturated rings. The number of nitrogens with zero attached hydrogens (tertiary/aromatic N) is 2. The highest BCUT2D eigenvalue weighted by Gasteiger charge is 2.47. The van der Waals surface area contributed by atoms with E-state index in [4.69, 9.17) is 0 Å². The Morgan fingerprint density at radius 1 is 1.56 bits per heavy atom. The molecular formula is C12H19N3O3. The lowest BCUT2D eigenvalue weighted by molar-refractivity contribution is -0.150. The normalized spacial score (nSPS) is 31.2. The third-order valence-corrected chi connectivity index (χ3v) is 4.63. The van der Waals surface area contributed by atoms with Crippen LogP contribution in [0.15, 0.2) is 11.1 Å². The molecule has 1 aromatic heterocycles. The van der Waals surface area contributed by atoms with Crippen molar-refractivity contribution < 1.29 is 9.90 Å². The van der Waals surface area contributed by atoms with Crippen LogP contribution in [0.5, 0.6) is 0 Å². The summed E-state index contributed by atoms with van der Waals surface area (Å²) < 4.78 is 1.59. The predicted octanol–water partition coefficient (Wildman–Crippen LogP) is 1.27. The number of aromatic nitrogens is 3. The number of carbonyl (C=O) groups is 1. The van der Waals surface area contributed by atoms with Gasteiger partial charge in [0, 0.05) is 6.04 Å². The molecule has 3 atom stereocenters. The molecule has 6 nitrogen and oxygen atoms in total. The zero-order valence-electron chi connectivity index (χ0n) is 10.9. The van der Waals surface area contributed by atoms with Crippen LogP contribution in [0.1, 0.15) is 39.7 Å². The van der Waals surface area contributed by atoms with Crippen LogP contribution in [0.25, 0.3) is 0 Å². The van der Waals surface area contributed by atoms with Crippen molar-refractivity contribution in [3.63, 3.8) is 0 Å². The van der Waals surface area contributed by atoms with Gasteiger partial charge in [-0.3, -0.25) is 9.36 Å². The molecule has 0 amide bonds. The Morgan fingerprint density at radius 3 is 2.72 bits per heavy atom. The minimum absolute atomic E-state index is 0.0156. The Kier molecular flexibility index (Phi) is 3.04. The number of carboxylic acid groups (broad SMARTS) is 1. The first-order valence-electron chi connectivity index (χ1n) is 6.20. The van der Waals surface area contributed by atoms with E-state index in [-0.39, 0.29) is 29.0 Å². The molecule has 0 radical (unpaired) electrons. The van der Waals surface area contributed by atoms with Crippen molar-refractivity contribution in [2.75, 3.05) is 0 Å². The third kappa shape index (κ3) is 1.85. The van der Waals surface area contributed by atoms with Gasteiger partial charge in [0.25, 0.3) is 0 Å². The number of hydrogen-bond donors (Lipinski definition) is 2. The first kappa shape index (κ1) is 12.9. The number of rotatable bonds is 2. The number of nitrogens with one attached hydrogen (secondary N) is 1. The molecule has 2 rings (SSSR count). The summed E-state index contributed by atoms with van der Waals surface area (Å²) in [5.74, 6) is -1.00. The molecule has 1 heterocycles. The van der Waals surface area contributed by atoms with Crippen LogP contribution < -0.4 is 5.69 Å². The van der Waals surface area contributed by atoms with Crippen molar-refractivity contribution in [1.82, 2.24) is 14.8 Å². The molecule has 1 saturated carbocycles. The van der Waals surface area contributed by atoms with Gasteiger partial charge in [0.15, 0.2) is 0 Å². The van der Waals surface area contributed by atoms with E-state index in [1.165, 1.54) is 6.33 Å². The number of H-pyrrole nitrogens is 1. The summed E-state index contributed by atoms with van der Waals surface area (Å²) in [6.45, 7) is 5.95. The number of hydrogen-bond acceptors (Lipinski definition) is 3. The lowest BCUT2D eigenvalue weighted by atomic mass is 9.61. The molecule has 1 aliphatic rings. The second kappa shape index (κ2) is 4.26. The van der Waals surface area contributed by atoms with Gasteiger partial charge in [-0.1, -0.05) is 20.8 Å². The second-order valence-electron chi connectivity index (χ2n) is 5.71. The summed E-state index contributed by atoms with van der Waals surface area (Å²) in [5, 5.41) is 15.4. The molecule has 3 unspecified atom stereocenters. The molecule has 0 bridgehead atoms. The van der Waals surface area contributed by atoms with Gasteiger partial charge in [0.2, 0.25) is 0 Å². The van der Waals surface area contributed by atoms with Gasteiger partial charge >= 0.3 is 11.7 Å². The number of aliphatic carboxylic acids is 1. The predicted molar refractivity (Wildman–Crippen MR) is 65.2 cm³/mol. The highest BCUT2D eigenvalue weighted by atomic mass is 16.4. The van der Waals surface area contributed by atoms with E-state index >= 15 is 0 Å². The summed E-state index contributed by atoms with van der Waals surface area (Å²) in [5.41, 5.74) is -0.567. The molecule has 0 aliphatic heterocycles. The Bertz CT molecular complexity index is 503. The van der Waals surface area contributed by atoms with Crippen molar-refractivity contribution in [1.29, 1.82) is 0 Å². The van der Waals surface area contributed by atoms with Crippen LogP contribution in [0.2, 0.25) is 0 Å². The standard InChI is InChI=1S/C12H19N3O3/c1-7-9(15-6-13-14-11(15)18)5-4-8(10(16)17)12(7,2)3/h6-9H,4-5H2,1-3H3,(H,14,18)(H,16,17). The van der Waals surface area contributed by atoms with Crippen LogP contribution in [0.4, 0.5) is 0 Å². The van der Waals surface area contributed by atoms with E-state index < -0.39 is 5.97 Å². The van der Waals surface area contributed by atoms with Crippen molar-refractivity contribution >= 4 is 5.97 Å². The van der Waals surface area contributed by atoms with E-state index in [1.807, 2.05) is 20.8 Å². The quantitative estimate of drug-likeness (QED) is 0.830. The zero-order valence-corrected chi connectivity index (χ0v) is 10.9. The zero-order chi connectivity index (χ0) is 13.5. The van der Waals surface area contributed by atoms with E-state index in [0.29, 0.717) is 12.8 Å². The highest BCUT2D eigenvalue weighted by molar-refractivity contribution is 5.71. The SMILES string of the molecule is CC1C(n2cn[nH]c2=O)CCC(C(=O)O)C1(C)C. The topological polar surface area (TPSA) is 88.0 Å². The monoisotopic (exact) mass is 253 g/mol. The maximum absolute atomic E-state index is 11.6. The lowest BCUT2D eigenvalue weighted by Crippen LogP contribution is -2.45. The molecule has 6 heteroatoms. The van der Waals surface area contributed by atoms with Crippen molar-refractivity contribution in [3.05, 3.63) is 16.8 Å². The molecule has 0 saturated heterocycles. The molecule has 1 aromatic rings. The first-order valence-corrected chi connectivity index (χ1v) is 6.20. The highest BCUT2D eigenvalue weighted by Crippen LogP contribution is 2.49. The second-order valence-corrected chi connectivity index (χ2v) is 5.71. The average Bonchev–Trinajstić information content (AvgIpc) is 2.68. The molecule has 2 N–H and O–H groups in total. The maximum atomic E-state index is 11.6. The van der Waals surface area contributed by atoms with E-state index in [2.05, 4.69) is 10.2 Å². The van der Waals surface area contributed by atoms with E-state index in [1.54, 1.807) is 4.57 Å². The summed E-state index contributed by atoms with van der Waals surface area (Å²) in [6.07, 6.45) is 2.79. The Labute approximate surface area is 105 Å². The van der Waals surface area contributed by atoms with Gasteiger partial charge in [-0.25, -0.2) is 9.89 Å². The maximum Gasteiger partial charge on any atom is 0.343 e. The van der Waals surface area contributed by atoms with Crippen LogP contribution in [0.3, 0.4) is 0 Å². The summed E-state index contributed by atoms with van der Waals surface area (Å²) in [4.78, 5) is 22.9. The van der Waals surface area contributed by atoms with Gasteiger partial charge < -0.3 is 5.11 Å². The minimum atomic E-state index is -0.746. The van der Waals surface area contributed by atoms with E-state index in [0.717, 1.165) is 0 Å². The molecular weight excluding hydrogens is 234 g/mol. The molecule has 100 valence electrons. The van der Waals surface area contributed by atoms with Gasteiger partial charge in [-0.2, -0.15) is 5.10 Å². The Hall–Kier alpha value is -1.59. The Balaban J connectivity index is 2.32. The van der Waals surface area contributed by atoms with Gasteiger partial charge in [-0.15, -0.1) is 0 Å². The molecule has 0 spiro atoms. The smallest absolute Gasteiger partial charge is 0.343 e. The van der Waals surface area contributed by atoms with Crippen LogP contribution in [-0.4, -0.2) is 25.8 Å². The lowest BCUT2D eigenvalue weighted by Gasteiger charge is -2.46. The number of aromatic amines is 1. The fourth-order valence-electron chi connectivity index (χ4n) is 3.09. The molecule has 18 heavy (non-hydrogen) atoms. The summed E-state index contributed by atoms with van der Waals surface area (Å²) in [7, 11) is 0. The van der Waals surface area contributed by atoms with Gasteiger partial charge in [0.05, 0.1) is 5.92 Å². The first-order chi connectivity index (χ1) is 8.35. The van der Waals surface area contributed by atoms with Crippen LogP contribution in [-0.2, 0) is 4.79 Å². The largest absolute Gasteiger partial charge is 0.481 e. The van der Waals surface area contributed by atoms with Crippen molar-refractivity contribution in [3.8, 4) is 0 Å². The third-order valence-electron chi connectivity index (χ3n) is 4.63. The van der Waals surface area contributed by atoms with Gasteiger partial charge in [0.1, 0.15) is 6.33 Å². The Morgan fingerprint density at radius 2 is 2.22 bits per heavy atom. The van der Waals surface area contributed by atoms with E-state index in [9.17, 15) is 14.7 Å². The number of carboxylic acids is 1. The fraction of sp³-hybridized carbons (Fsp3) is 0.750. The van der Waals surface area contributed by atoms with Crippen molar-refractivity contribution in [2.45, 2.75) is 39.7 Å². The summed E-state index contributed by atoms with van der Waals surface area (Å²) >= 11 is 0. The van der Waals surface area contributed by atoms with Gasteiger partial charge in [-0.05, 0) is 24.2 Å². The summed E-state index contributed by atoms with van der Waals surface area (Å²) in [6, 6.07) is 0.0156. The average molecular weight is 253 g/mol. The molecule has 0 aromatic carbocycles. The molecule has 1 aliphatic carbocycles.